The summed E-state index contributed by atoms with van der Waals surface area (Å²) in [7, 11) is 0. The molecule has 0 aliphatic rings. The fraction of sp³-hybridized carbons (Fsp3) is 0.857. The van der Waals surface area contributed by atoms with Crippen LogP contribution in [0, 0.1) is 0 Å². The van der Waals surface area contributed by atoms with E-state index in [1.165, 1.54) is 0 Å². The number of hydrogen-bond donors (Lipinski definition) is 1. The SMILES string of the molecule is CC(F)(F)CCOC(O)(C(=O)OI)C(F)(F)F. The highest BCUT2D eigenvalue weighted by Gasteiger charge is 2.63. The quantitative estimate of drug-likeness (QED) is 0.453. The van der Waals surface area contributed by atoms with Gasteiger partial charge in [0.15, 0.2) is 23.0 Å². The molecule has 0 bridgehead atoms. The van der Waals surface area contributed by atoms with Crippen LogP contribution in [0.25, 0.3) is 0 Å². The van der Waals surface area contributed by atoms with Crippen LogP contribution in [-0.4, -0.2) is 35.6 Å². The molecule has 1 unspecified atom stereocenters. The highest BCUT2D eigenvalue weighted by molar-refractivity contribution is 14.1. The predicted octanol–water partition coefficient (Wildman–Crippen LogP) is 2.19. The molecule has 0 aliphatic heterocycles. The van der Waals surface area contributed by atoms with Gasteiger partial charge < -0.3 is 12.9 Å². The summed E-state index contributed by atoms with van der Waals surface area (Å²) in [4.78, 5) is 10.7. The molecule has 0 aromatic carbocycles. The third kappa shape index (κ3) is 4.87. The third-order valence-electron chi connectivity index (χ3n) is 1.58. The molecule has 1 N–H and O–H groups in total. The average Bonchev–Trinajstić information content (AvgIpc) is 2.12. The molecule has 0 rings (SSSR count). The van der Waals surface area contributed by atoms with Gasteiger partial charge in [0.25, 0.3) is 0 Å². The van der Waals surface area contributed by atoms with E-state index in [-0.39, 0.29) is 0 Å². The lowest BCUT2D eigenvalue weighted by Crippen LogP contribution is -2.54. The summed E-state index contributed by atoms with van der Waals surface area (Å²) >= 11 is 0.809. The van der Waals surface area contributed by atoms with Gasteiger partial charge in [-0.05, 0) is 6.92 Å². The smallest absolute Gasteiger partial charge is 0.390 e. The van der Waals surface area contributed by atoms with E-state index in [2.05, 4.69) is 7.80 Å². The molecular formula is C7H8F5IO4. The molecule has 17 heavy (non-hydrogen) atoms. The van der Waals surface area contributed by atoms with Crippen molar-refractivity contribution in [2.75, 3.05) is 6.61 Å². The van der Waals surface area contributed by atoms with Crippen LogP contribution in [-0.2, 0) is 12.6 Å². The van der Waals surface area contributed by atoms with Crippen molar-refractivity contribution in [3.63, 3.8) is 0 Å². The largest absolute Gasteiger partial charge is 0.455 e. The molecular weight excluding hydrogens is 370 g/mol. The lowest BCUT2D eigenvalue weighted by atomic mass is 10.2. The van der Waals surface area contributed by atoms with Gasteiger partial charge in [0.05, 0.1) is 6.61 Å². The minimum absolute atomic E-state index is 0.458. The highest BCUT2D eigenvalue weighted by atomic mass is 127. The van der Waals surface area contributed by atoms with Gasteiger partial charge in [0.2, 0.25) is 5.92 Å². The van der Waals surface area contributed by atoms with Crippen molar-refractivity contribution in [1.29, 1.82) is 0 Å². The van der Waals surface area contributed by atoms with E-state index in [9.17, 15) is 26.7 Å². The zero-order valence-corrected chi connectivity index (χ0v) is 10.5. The fourth-order valence-electron chi connectivity index (χ4n) is 0.687. The Hall–Kier alpha value is -0.230. The fourth-order valence-corrected chi connectivity index (χ4v) is 0.985. The summed E-state index contributed by atoms with van der Waals surface area (Å²) < 4.78 is 69.0. The van der Waals surface area contributed by atoms with Crippen LogP contribution in [0.1, 0.15) is 13.3 Å². The number of alkyl halides is 5. The molecule has 4 nitrogen and oxygen atoms in total. The first kappa shape index (κ1) is 16.8. The van der Waals surface area contributed by atoms with Crippen LogP contribution in [0.5, 0.6) is 0 Å². The van der Waals surface area contributed by atoms with Gasteiger partial charge in [-0.3, -0.25) is 0 Å². The summed E-state index contributed by atoms with van der Waals surface area (Å²) in [6.45, 7) is -0.703. The number of carbonyl (C=O) groups is 1. The second kappa shape index (κ2) is 5.61. The molecule has 0 aromatic heterocycles. The van der Waals surface area contributed by atoms with E-state index >= 15 is 0 Å². The number of hydrogen-bond acceptors (Lipinski definition) is 4. The minimum atomic E-state index is -5.49. The summed E-state index contributed by atoms with van der Waals surface area (Å²) in [5.74, 6) is -9.65. The van der Waals surface area contributed by atoms with Gasteiger partial charge in [0.1, 0.15) is 0 Å². The summed E-state index contributed by atoms with van der Waals surface area (Å²) in [5.41, 5.74) is 0. The Kier molecular flexibility index (Phi) is 5.53. The molecule has 0 spiro atoms. The number of rotatable bonds is 5. The Morgan fingerprint density at radius 3 is 2.06 bits per heavy atom. The van der Waals surface area contributed by atoms with E-state index in [0.29, 0.717) is 6.92 Å². The van der Waals surface area contributed by atoms with Crippen molar-refractivity contribution in [1.82, 2.24) is 0 Å². The van der Waals surface area contributed by atoms with Crippen molar-refractivity contribution in [3.8, 4) is 0 Å². The van der Waals surface area contributed by atoms with Crippen molar-refractivity contribution in [3.05, 3.63) is 0 Å². The average molecular weight is 378 g/mol. The van der Waals surface area contributed by atoms with E-state index in [0.717, 1.165) is 23.0 Å². The number of halogens is 6. The number of aliphatic hydroxyl groups is 1. The molecule has 10 heteroatoms. The van der Waals surface area contributed by atoms with Crippen LogP contribution >= 0.6 is 23.0 Å². The van der Waals surface area contributed by atoms with Crippen LogP contribution in [0.15, 0.2) is 0 Å². The van der Waals surface area contributed by atoms with Gasteiger partial charge in [-0.1, -0.05) is 0 Å². The molecule has 0 amide bonds. The molecule has 1 atom stereocenters. The van der Waals surface area contributed by atoms with Gasteiger partial charge in [-0.25, -0.2) is 13.6 Å². The first-order valence-corrected chi connectivity index (χ1v) is 4.96. The zero-order valence-electron chi connectivity index (χ0n) is 8.35. The van der Waals surface area contributed by atoms with Gasteiger partial charge in [0, 0.05) is 6.42 Å². The van der Waals surface area contributed by atoms with Crippen molar-refractivity contribution in [2.24, 2.45) is 0 Å². The van der Waals surface area contributed by atoms with E-state index < -0.39 is 36.9 Å². The molecule has 0 radical (unpaired) electrons. The second-order valence-electron chi connectivity index (χ2n) is 3.18. The van der Waals surface area contributed by atoms with Crippen molar-refractivity contribution in [2.45, 2.75) is 31.2 Å². The summed E-state index contributed by atoms with van der Waals surface area (Å²) in [5, 5.41) is 8.94. The zero-order chi connectivity index (χ0) is 13.9. The van der Waals surface area contributed by atoms with Gasteiger partial charge >= 0.3 is 17.9 Å². The van der Waals surface area contributed by atoms with E-state index in [1.807, 2.05) is 0 Å². The van der Waals surface area contributed by atoms with E-state index in [1.54, 1.807) is 0 Å². The van der Waals surface area contributed by atoms with Gasteiger partial charge in [-0.2, -0.15) is 13.2 Å². The maximum atomic E-state index is 12.3. The molecule has 0 aliphatic carbocycles. The van der Waals surface area contributed by atoms with Gasteiger partial charge in [-0.15, -0.1) is 0 Å². The maximum absolute atomic E-state index is 12.3. The monoisotopic (exact) mass is 378 g/mol. The Bertz CT molecular complexity index is 276. The number of carbonyl (C=O) groups excluding carboxylic acids is 1. The Balaban J connectivity index is 4.70. The molecule has 0 saturated heterocycles. The molecule has 0 fully saturated rings. The molecule has 0 saturated carbocycles. The third-order valence-corrected chi connectivity index (χ3v) is 1.98. The Morgan fingerprint density at radius 2 is 1.76 bits per heavy atom. The minimum Gasteiger partial charge on any atom is -0.390 e. The number of ether oxygens (including phenoxy) is 1. The van der Waals surface area contributed by atoms with Crippen LogP contribution < -0.4 is 0 Å². The first-order chi connectivity index (χ1) is 7.44. The lowest BCUT2D eigenvalue weighted by molar-refractivity contribution is -0.350. The topological polar surface area (TPSA) is 55.8 Å². The Labute approximate surface area is 107 Å². The van der Waals surface area contributed by atoms with Crippen LogP contribution in [0.3, 0.4) is 0 Å². The van der Waals surface area contributed by atoms with E-state index in [4.69, 9.17) is 5.11 Å². The highest BCUT2D eigenvalue weighted by Crippen LogP contribution is 2.34. The molecule has 0 heterocycles. The van der Waals surface area contributed by atoms with Crippen LogP contribution in [0.4, 0.5) is 22.0 Å². The first-order valence-electron chi connectivity index (χ1n) is 4.08. The predicted molar refractivity (Wildman–Crippen MR) is 52.3 cm³/mol. The summed E-state index contributed by atoms with van der Waals surface area (Å²) in [6.07, 6.45) is -6.57. The standard InChI is InChI=1S/C7H8F5IO4/c1-5(8,9)2-3-16-6(15,4(14)17-13)7(10,11)12/h15H,2-3H2,1H3. The second-order valence-corrected chi connectivity index (χ2v) is 3.62. The maximum Gasteiger partial charge on any atom is 0.455 e. The van der Waals surface area contributed by atoms with Crippen molar-refractivity contribution < 1.29 is 39.7 Å². The Morgan fingerprint density at radius 1 is 1.29 bits per heavy atom. The molecule has 0 aromatic rings. The van der Waals surface area contributed by atoms with Crippen molar-refractivity contribution >= 4 is 29.0 Å². The lowest BCUT2D eigenvalue weighted by Gasteiger charge is -2.27. The normalized spacial score (nSPS) is 16.5. The summed E-state index contributed by atoms with van der Waals surface area (Å²) in [6, 6.07) is 0. The molecule has 102 valence electrons. The van der Waals surface area contributed by atoms with Crippen LogP contribution in [0.2, 0.25) is 0 Å².